The van der Waals surface area contributed by atoms with Crippen LogP contribution in [0.25, 0.3) is 0 Å². The Bertz CT molecular complexity index is 408. The lowest BCUT2D eigenvalue weighted by Gasteiger charge is -2.34. The summed E-state index contributed by atoms with van der Waals surface area (Å²) >= 11 is 0. The number of hydrogen-bond donors (Lipinski definition) is 0. The molecule has 1 aliphatic carbocycles. The Kier molecular flexibility index (Phi) is 10.3. The molecule has 1 rings (SSSR count). The average molecular weight is 369 g/mol. The molecule has 1 fully saturated rings. The fourth-order valence-electron chi connectivity index (χ4n) is 4.30. The lowest BCUT2D eigenvalue weighted by Crippen LogP contribution is -2.46. The van der Waals surface area contributed by atoms with Gasteiger partial charge in [-0.3, -0.25) is 9.59 Å². The molecule has 152 valence electrons. The van der Waals surface area contributed by atoms with Gasteiger partial charge in [0.05, 0.1) is 13.2 Å². The molecule has 4 nitrogen and oxygen atoms in total. The second kappa shape index (κ2) is 11.6. The molecule has 0 amide bonds. The number of carbonyl (C=O) groups is 2. The van der Waals surface area contributed by atoms with E-state index in [1.54, 1.807) is 0 Å². The molecule has 0 heterocycles. The van der Waals surface area contributed by atoms with Crippen molar-refractivity contribution < 1.29 is 19.1 Å². The van der Waals surface area contributed by atoms with Crippen LogP contribution in [0, 0.1) is 23.2 Å². The van der Waals surface area contributed by atoms with Gasteiger partial charge in [-0.25, -0.2) is 0 Å². The summed E-state index contributed by atoms with van der Waals surface area (Å²) in [5.41, 5.74) is -1.09. The maximum atomic E-state index is 13.1. The van der Waals surface area contributed by atoms with Gasteiger partial charge in [-0.1, -0.05) is 60.3 Å². The van der Waals surface area contributed by atoms with Crippen LogP contribution in [0.15, 0.2) is 0 Å². The Labute approximate surface area is 160 Å². The molecular formula is C22H40O4. The summed E-state index contributed by atoms with van der Waals surface area (Å²) in [6.45, 7) is 11.5. The average Bonchev–Trinajstić information content (AvgIpc) is 3.00. The minimum Gasteiger partial charge on any atom is -0.465 e. The number of hydrogen-bond acceptors (Lipinski definition) is 4. The van der Waals surface area contributed by atoms with Gasteiger partial charge in [-0.2, -0.15) is 0 Å². The van der Waals surface area contributed by atoms with E-state index in [0.717, 1.165) is 51.4 Å². The molecule has 1 aliphatic rings. The second-order valence-electron chi connectivity index (χ2n) is 8.15. The van der Waals surface area contributed by atoms with Gasteiger partial charge in [0, 0.05) is 0 Å². The van der Waals surface area contributed by atoms with E-state index in [0.29, 0.717) is 31.5 Å². The van der Waals surface area contributed by atoms with E-state index in [2.05, 4.69) is 34.6 Å². The van der Waals surface area contributed by atoms with Crippen LogP contribution in [0.3, 0.4) is 0 Å². The molecule has 0 aromatic heterocycles. The van der Waals surface area contributed by atoms with E-state index < -0.39 is 5.41 Å². The van der Waals surface area contributed by atoms with Crippen LogP contribution in [0.4, 0.5) is 0 Å². The zero-order valence-corrected chi connectivity index (χ0v) is 17.6. The molecule has 4 heteroatoms. The largest absolute Gasteiger partial charge is 0.465 e. The Morgan fingerprint density at radius 1 is 0.923 bits per heavy atom. The topological polar surface area (TPSA) is 52.6 Å². The first kappa shape index (κ1) is 23.0. The van der Waals surface area contributed by atoms with E-state index in [1.165, 1.54) is 0 Å². The highest BCUT2D eigenvalue weighted by Crippen LogP contribution is 2.53. The minimum atomic E-state index is -1.09. The molecule has 0 bridgehead atoms. The third-order valence-corrected chi connectivity index (χ3v) is 5.94. The first-order valence-corrected chi connectivity index (χ1v) is 10.8. The first-order chi connectivity index (χ1) is 12.4. The first-order valence-electron chi connectivity index (χ1n) is 10.8. The van der Waals surface area contributed by atoms with Crippen molar-refractivity contribution in [1.82, 2.24) is 0 Å². The molecule has 0 aliphatic heterocycles. The summed E-state index contributed by atoms with van der Waals surface area (Å²) < 4.78 is 11.2. The summed E-state index contributed by atoms with van der Waals surface area (Å²) in [6.07, 6.45) is 8.06. The van der Waals surface area contributed by atoms with E-state index in [9.17, 15) is 9.59 Å². The number of unbranched alkanes of at least 4 members (excludes halogenated alkanes) is 3. The van der Waals surface area contributed by atoms with Crippen molar-refractivity contribution in [2.24, 2.45) is 23.2 Å². The monoisotopic (exact) mass is 368 g/mol. The number of esters is 2. The van der Waals surface area contributed by atoms with E-state index in [1.807, 2.05) is 0 Å². The van der Waals surface area contributed by atoms with Crippen molar-refractivity contribution in [2.75, 3.05) is 13.2 Å². The molecule has 1 saturated carbocycles. The SMILES string of the molecule is CCCCOC(=O)C1(C(=O)OCCCC)CCC(C(C)C)C1CCCC. The smallest absolute Gasteiger partial charge is 0.323 e. The van der Waals surface area contributed by atoms with Crippen LogP contribution < -0.4 is 0 Å². The molecule has 26 heavy (non-hydrogen) atoms. The summed E-state index contributed by atoms with van der Waals surface area (Å²) in [7, 11) is 0. The van der Waals surface area contributed by atoms with Crippen molar-refractivity contribution >= 4 is 11.9 Å². The summed E-state index contributed by atoms with van der Waals surface area (Å²) in [6, 6.07) is 0. The molecule has 0 aromatic rings. The standard InChI is InChI=1S/C22H40O4/c1-6-9-12-19-18(17(4)5)13-14-22(19,20(23)25-15-10-7-2)21(24)26-16-11-8-3/h17-19H,6-16H2,1-5H3. The number of rotatable bonds is 12. The molecule has 0 radical (unpaired) electrons. The fraction of sp³-hybridized carbons (Fsp3) is 0.909. The van der Waals surface area contributed by atoms with Crippen molar-refractivity contribution in [3.05, 3.63) is 0 Å². The Balaban J connectivity index is 3.10. The van der Waals surface area contributed by atoms with Gasteiger partial charge >= 0.3 is 11.9 Å². The van der Waals surface area contributed by atoms with Gasteiger partial charge in [0.1, 0.15) is 0 Å². The van der Waals surface area contributed by atoms with Gasteiger partial charge in [-0.15, -0.1) is 0 Å². The van der Waals surface area contributed by atoms with Crippen molar-refractivity contribution in [3.63, 3.8) is 0 Å². The zero-order chi connectivity index (χ0) is 19.6. The normalized spacial score (nSPS) is 21.8. The quantitative estimate of drug-likeness (QED) is 0.258. The molecule has 0 spiro atoms. The molecular weight excluding hydrogens is 328 g/mol. The lowest BCUT2D eigenvalue weighted by atomic mass is 9.70. The summed E-state index contributed by atoms with van der Waals surface area (Å²) in [5.74, 6) is 0.184. The van der Waals surface area contributed by atoms with Gasteiger partial charge in [-0.05, 0) is 49.9 Å². The highest BCUT2D eigenvalue weighted by atomic mass is 16.6. The fourth-order valence-corrected chi connectivity index (χ4v) is 4.30. The van der Waals surface area contributed by atoms with Crippen molar-refractivity contribution in [2.45, 2.75) is 92.4 Å². The maximum absolute atomic E-state index is 13.1. The third-order valence-electron chi connectivity index (χ3n) is 5.94. The second-order valence-corrected chi connectivity index (χ2v) is 8.15. The van der Waals surface area contributed by atoms with Crippen LogP contribution >= 0.6 is 0 Å². The van der Waals surface area contributed by atoms with Gasteiger partial charge in [0.25, 0.3) is 0 Å². The van der Waals surface area contributed by atoms with Gasteiger partial charge < -0.3 is 9.47 Å². The highest BCUT2D eigenvalue weighted by molar-refractivity contribution is 6.01. The molecule has 2 unspecified atom stereocenters. The summed E-state index contributed by atoms with van der Waals surface area (Å²) in [5, 5.41) is 0. The van der Waals surface area contributed by atoms with Crippen LogP contribution in [-0.4, -0.2) is 25.2 Å². The Hall–Kier alpha value is -1.06. The summed E-state index contributed by atoms with van der Waals surface area (Å²) in [4.78, 5) is 26.3. The lowest BCUT2D eigenvalue weighted by molar-refractivity contribution is -0.177. The van der Waals surface area contributed by atoms with E-state index >= 15 is 0 Å². The van der Waals surface area contributed by atoms with Crippen LogP contribution in [0.1, 0.15) is 92.4 Å². The molecule has 0 saturated heterocycles. The maximum Gasteiger partial charge on any atom is 0.323 e. The van der Waals surface area contributed by atoms with Crippen LogP contribution in [-0.2, 0) is 19.1 Å². The van der Waals surface area contributed by atoms with Crippen molar-refractivity contribution in [3.8, 4) is 0 Å². The zero-order valence-electron chi connectivity index (χ0n) is 17.6. The Morgan fingerprint density at radius 2 is 1.42 bits per heavy atom. The predicted molar refractivity (Wildman–Crippen MR) is 105 cm³/mol. The van der Waals surface area contributed by atoms with Crippen LogP contribution in [0.5, 0.6) is 0 Å². The van der Waals surface area contributed by atoms with Gasteiger partial charge in [0.2, 0.25) is 0 Å². The van der Waals surface area contributed by atoms with E-state index in [-0.39, 0.29) is 17.9 Å². The molecule has 0 aromatic carbocycles. The predicted octanol–water partition coefficient (Wildman–Crippen LogP) is 5.53. The number of carbonyl (C=O) groups excluding carboxylic acids is 2. The third kappa shape index (κ3) is 5.47. The Morgan fingerprint density at radius 3 is 1.85 bits per heavy atom. The minimum absolute atomic E-state index is 0.0331. The van der Waals surface area contributed by atoms with Crippen molar-refractivity contribution in [1.29, 1.82) is 0 Å². The van der Waals surface area contributed by atoms with Gasteiger partial charge in [0.15, 0.2) is 5.41 Å². The molecule has 0 N–H and O–H groups in total. The number of ether oxygens (including phenoxy) is 2. The molecule has 2 atom stereocenters. The highest BCUT2D eigenvalue weighted by Gasteiger charge is 2.60. The van der Waals surface area contributed by atoms with Crippen LogP contribution in [0.2, 0.25) is 0 Å². The van der Waals surface area contributed by atoms with E-state index in [4.69, 9.17) is 9.47 Å².